The van der Waals surface area contributed by atoms with Crippen LogP contribution in [0, 0.1) is 12.3 Å². The molecule has 0 fully saturated rings. The van der Waals surface area contributed by atoms with E-state index in [-0.39, 0.29) is 0 Å². The fourth-order valence-corrected chi connectivity index (χ4v) is 6.03. The molecule has 0 bridgehead atoms. The number of benzene rings is 6. The average Bonchev–Trinajstić information content (AvgIpc) is 3.07. The Balaban J connectivity index is 0.00000188. The first kappa shape index (κ1) is 30.2. The van der Waals surface area contributed by atoms with Gasteiger partial charge in [0.2, 0.25) is 0 Å². The molecule has 0 aromatic heterocycles. The molecule has 0 heterocycles. The van der Waals surface area contributed by atoms with E-state index in [1.807, 2.05) is 32.9 Å². The van der Waals surface area contributed by atoms with Crippen LogP contribution >= 0.6 is 0 Å². The van der Waals surface area contributed by atoms with E-state index in [1.54, 1.807) is 6.08 Å². The molecule has 0 atom stereocenters. The van der Waals surface area contributed by atoms with E-state index in [4.69, 9.17) is 5.41 Å². The lowest BCUT2D eigenvalue weighted by Gasteiger charge is -2.18. The lowest BCUT2D eigenvalue weighted by molar-refractivity contribution is 1.49. The topological polar surface area (TPSA) is 23.9 Å². The second kappa shape index (κ2) is 13.4. The number of fused-ring (bicyclic) bond motifs is 3. The summed E-state index contributed by atoms with van der Waals surface area (Å²) in [5, 5.41) is 15.3. The molecule has 216 valence electrons. The predicted molar refractivity (Wildman–Crippen MR) is 196 cm³/mol. The van der Waals surface area contributed by atoms with Crippen molar-refractivity contribution < 1.29 is 0 Å². The standard InChI is InChI=1S/C41H33N.C2H6/c1-5-29(6-2)35(26-42)23-28(4)30-12-11-13-33(24-30)40-36-14-7-9-16-38(36)41(39-17-10-8-15-37(39)40)34-21-20-31-22-27(3)18-19-32(31)25-34;1-2/h5-26,42H,1,4H2,2-3H3;1-2H3/b29-6+,35-23+,42-26?;. The van der Waals surface area contributed by atoms with E-state index < -0.39 is 0 Å². The Morgan fingerprint density at radius 1 is 0.636 bits per heavy atom. The maximum atomic E-state index is 7.93. The van der Waals surface area contributed by atoms with Crippen LogP contribution < -0.4 is 0 Å². The molecule has 0 unspecified atom stereocenters. The van der Waals surface area contributed by atoms with Gasteiger partial charge in [0.15, 0.2) is 0 Å². The van der Waals surface area contributed by atoms with Gasteiger partial charge in [-0.3, -0.25) is 0 Å². The zero-order chi connectivity index (χ0) is 31.2. The van der Waals surface area contributed by atoms with Crippen molar-refractivity contribution in [2.75, 3.05) is 0 Å². The first-order valence-electron chi connectivity index (χ1n) is 15.3. The molecule has 0 aliphatic rings. The molecule has 0 saturated heterocycles. The highest BCUT2D eigenvalue weighted by Crippen LogP contribution is 2.44. The van der Waals surface area contributed by atoms with E-state index in [0.29, 0.717) is 0 Å². The van der Waals surface area contributed by atoms with Crippen LogP contribution in [-0.4, -0.2) is 6.21 Å². The summed E-state index contributed by atoms with van der Waals surface area (Å²) in [6.07, 6.45) is 7.06. The van der Waals surface area contributed by atoms with E-state index in [0.717, 1.165) is 27.8 Å². The van der Waals surface area contributed by atoms with Gasteiger partial charge in [-0.05, 0) is 109 Å². The highest BCUT2D eigenvalue weighted by atomic mass is 14.3. The second-order valence-electron chi connectivity index (χ2n) is 10.7. The van der Waals surface area contributed by atoms with E-state index >= 15 is 0 Å². The fraction of sp³-hybridized carbons (Fsp3) is 0.0930. The van der Waals surface area contributed by atoms with Crippen LogP contribution in [0.4, 0.5) is 0 Å². The highest BCUT2D eigenvalue weighted by molar-refractivity contribution is 6.21. The lowest BCUT2D eigenvalue weighted by Crippen LogP contribution is -1.92. The average molecular weight is 570 g/mol. The number of hydrogen-bond donors (Lipinski definition) is 1. The minimum absolute atomic E-state index is 0.786. The Morgan fingerprint density at radius 2 is 1.18 bits per heavy atom. The molecule has 1 nitrogen and oxygen atoms in total. The molecule has 0 amide bonds. The molecular weight excluding hydrogens is 530 g/mol. The van der Waals surface area contributed by atoms with Crippen LogP contribution in [0.1, 0.15) is 31.9 Å². The first-order valence-corrected chi connectivity index (χ1v) is 15.3. The maximum Gasteiger partial charge on any atom is 0.0256 e. The molecule has 0 radical (unpaired) electrons. The van der Waals surface area contributed by atoms with Crippen LogP contribution in [-0.2, 0) is 0 Å². The molecule has 0 spiro atoms. The number of hydrogen-bond acceptors (Lipinski definition) is 1. The van der Waals surface area contributed by atoms with Gasteiger partial charge < -0.3 is 5.41 Å². The van der Waals surface area contributed by atoms with Gasteiger partial charge in [0.25, 0.3) is 0 Å². The van der Waals surface area contributed by atoms with Gasteiger partial charge in [0.05, 0.1) is 0 Å². The third kappa shape index (κ3) is 5.70. The maximum absolute atomic E-state index is 7.93. The molecule has 6 rings (SSSR count). The van der Waals surface area contributed by atoms with Crippen molar-refractivity contribution in [2.45, 2.75) is 27.7 Å². The van der Waals surface area contributed by atoms with Crippen molar-refractivity contribution in [2.24, 2.45) is 0 Å². The molecule has 44 heavy (non-hydrogen) atoms. The number of allylic oxidation sites excluding steroid dienone is 6. The number of rotatable bonds is 7. The van der Waals surface area contributed by atoms with Gasteiger partial charge in [-0.2, -0.15) is 0 Å². The predicted octanol–water partition coefficient (Wildman–Crippen LogP) is 12.5. The van der Waals surface area contributed by atoms with Crippen molar-refractivity contribution in [1.82, 2.24) is 0 Å². The second-order valence-corrected chi connectivity index (χ2v) is 10.7. The first-order chi connectivity index (χ1) is 21.5. The summed E-state index contributed by atoms with van der Waals surface area (Å²) < 4.78 is 0. The van der Waals surface area contributed by atoms with Crippen molar-refractivity contribution in [1.29, 1.82) is 5.41 Å². The van der Waals surface area contributed by atoms with Gasteiger partial charge in [-0.15, -0.1) is 0 Å². The molecule has 6 aromatic rings. The van der Waals surface area contributed by atoms with E-state index in [9.17, 15) is 0 Å². The Hall–Kier alpha value is -5.27. The summed E-state index contributed by atoms with van der Waals surface area (Å²) in [4.78, 5) is 0. The van der Waals surface area contributed by atoms with Crippen molar-refractivity contribution in [3.05, 3.63) is 163 Å². The van der Waals surface area contributed by atoms with Gasteiger partial charge in [-0.25, -0.2) is 0 Å². The molecule has 6 aromatic carbocycles. The van der Waals surface area contributed by atoms with Gasteiger partial charge in [0, 0.05) is 6.21 Å². The van der Waals surface area contributed by atoms with Crippen LogP contribution in [0.2, 0.25) is 0 Å². The molecule has 0 aliphatic carbocycles. The summed E-state index contributed by atoms with van der Waals surface area (Å²) in [6.45, 7) is 16.4. The Kier molecular flexibility index (Phi) is 9.17. The normalized spacial score (nSPS) is 11.7. The van der Waals surface area contributed by atoms with Crippen LogP contribution in [0.15, 0.2) is 152 Å². The summed E-state index contributed by atoms with van der Waals surface area (Å²) in [5.74, 6) is 0. The quantitative estimate of drug-likeness (QED) is 0.112. The molecule has 0 aliphatic heterocycles. The lowest BCUT2D eigenvalue weighted by atomic mass is 9.85. The summed E-state index contributed by atoms with van der Waals surface area (Å²) in [5.41, 5.74) is 9.68. The molecular formula is C43H39N. The van der Waals surface area contributed by atoms with Gasteiger partial charge in [0.1, 0.15) is 0 Å². The number of nitrogens with one attached hydrogen (secondary N) is 1. The third-order valence-electron chi connectivity index (χ3n) is 8.09. The highest BCUT2D eigenvalue weighted by Gasteiger charge is 2.17. The van der Waals surface area contributed by atoms with E-state index in [2.05, 4.69) is 129 Å². The largest absolute Gasteiger partial charge is 0.308 e. The molecule has 1 heteroatoms. The fourth-order valence-electron chi connectivity index (χ4n) is 6.03. The Morgan fingerprint density at radius 3 is 1.73 bits per heavy atom. The summed E-state index contributed by atoms with van der Waals surface area (Å²) >= 11 is 0. The third-order valence-corrected chi connectivity index (χ3v) is 8.09. The monoisotopic (exact) mass is 569 g/mol. The SMILES string of the molecule is C=CC(=C\C)/C(C=N)=C/C(=C)c1cccc(-c2c3ccccc3c(-c3ccc4cc(C)ccc4c3)c3ccccc23)c1.CC. The van der Waals surface area contributed by atoms with Gasteiger partial charge >= 0.3 is 0 Å². The zero-order valence-corrected chi connectivity index (χ0v) is 26.1. The van der Waals surface area contributed by atoms with Crippen molar-refractivity contribution in [3.63, 3.8) is 0 Å². The smallest absolute Gasteiger partial charge is 0.0256 e. The van der Waals surface area contributed by atoms with Gasteiger partial charge in [-0.1, -0.05) is 142 Å². The number of aryl methyl sites for hydroxylation is 1. The molecule has 1 N–H and O–H groups in total. The zero-order valence-electron chi connectivity index (χ0n) is 26.1. The van der Waals surface area contributed by atoms with Crippen LogP contribution in [0.25, 0.3) is 60.1 Å². The molecule has 0 saturated carbocycles. The minimum atomic E-state index is 0.786. The van der Waals surface area contributed by atoms with Crippen molar-refractivity contribution >= 4 is 44.1 Å². The van der Waals surface area contributed by atoms with Crippen LogP contribution in [0.3, 0.4) is 0 Å². The minimum Gasteiger partial charge on any atom is -0.308 e. The summed E-state index contributed by atoms with van der Waals surface area (Å²) in [7, 11) is 0. The summed E-state index contributed by atoms with van der Waals surface area (Å²) in [6, 6.07) is 39.6. The van der Waals surface area contributed by atoms with Crippen molar-refractivity contribution in [3.8, 4) is 22.3 Å². The van der Waals surface area contributed by atoms with Crippen LogP contribution in [0.5, 0.6) is 0 Å². The Bertz CT molecular complexity index is 2040. The Labute approximate surface area is 261 Å². The van der Waals surface area contributed by atoms with E-state index in [1.165, 1.54) is 60.8 Å².